The molecule has 1 saturated heterocycles. The Hall–Kier alpha value is -1.82. The molecule has 1 aliphatic heterocycles. The third kappa shape index (κ3) is 3.95. The number of ether oxygens (including phenoxy) is 1. The number of alkyl halides is 1. The number of carbonyl (C=O) groups is 2. The molecule has 2 aromatic rings. The number of halogens is 1. The van der Waals surface area contributed by atoms with Gasteiger partial charge >= 0.3 is 6.09 Å². The Morgan fingerprint density at radius 3 is 2.73 bits per heavy atom. The molecule has 2 heterocycles. The molecule has 1 unspecified atom stereocenters. The van der Waals surface area contributed by atoms with Gasteiger partial charge in [-0.25, -0.2) is 4.79 Å². The number of amides is 1. The molecule has 1 aliphatic rings. The number of hydrogen-bond donors (Lipinski definition) is 1. The number of fused-ring (bicyclic) bond motifs is 1. The number of aromatic amines is 1. The number of rotatable bonds is 3. The maximum absolute atomic E-state index is 12.6. The lowest BCUT2D eigenvalue weighted by Gasteiger charge is -2.34. The number of ketones is 1. The van der Waals surface area contributed by atoms with Crippen molar-refractivity contribution in [3.63, 3.8) is 0 Å². The molecule has 1 N–H and O–H groups in total. The second-order valence-corrected chi connectivity index (χ2v) is 8.34. The fraction of sp³-hybridized carbons (Fsp3) is 0.500. The molecule has 0 saturated carbocycles. The number of aromatic nitrogens is 1. The Balaban J connectivity index is 1.91. The van der Waals surface area contributed by atoms with E-state index >= 15 is 0 Å². The monoisotopic (exact) mass is 420 g/mol. The quantitative estimate of drug-likeness (QED) is 0.569. The molecule has 1 aromatic heterocycles. The van der Waals surface area contributed by atoms with Crippen molar-refractivity contribution in [1.82, 2.24) is 9.88 Å². The Morgan fingerprint density at radius 2 is 2.04 bits per heavy atom. The Kier molecular flexibility index (Phi) is 5.42. The predicted molar refractivity (Wildman–Crippen MR) is 106 cm³/mol. The molecule has 0 spiro atoms. The van der Waals surface area contributed by atoms with Gasteiger partial charge in [0.1, 0.15) is 5.60 Å². The molecule has 3 rings (SSSR count). The minimum absolute atomic E-state index is 0.0619. The van der Waals surface area contributed by atoms with E-state index in [0.29, 0.717) is 13.1 Å². The van der Waals surface area contributed by atoms with Gasteiger partial charge in [-0.3, -0.25) is 4.79 Å². The largest absolute Gasteiger partial charge is 0.444 e. The second kappa shape index (κ2) is 7.43. The molecule has 140 valence electrons. The standard InChI is InChI=1S/C20H25BrN2O3/c1-20(2,3)26-19(25)23-10-6-7-13(12-23)18-17(16(24)11-21)14-8-4-5-9-15(14)22-18/h4-5,8-9,13,22H,6-7,10-12H2,1-3H3. The molecule has 1 aromatic carbocycles. The summed E-state index contributed by atoms with van der Waals surface area (Å²) in [5, 5.41) is 1.23. The summed E-state index contributed by atoms with van der Waals surface area (Å²) in [6.45, 7) is 6.86. The lowest BCUT2D eigenvalue weighted by atomic mass is 9.91. The summed E-state index contributed by atoms with van der Waals surface area (Å²) >= 11 is 3.30. The van der Waals surface area contributed by atoms with Gasteiger partial charge in [0.25, 0.3) is 0 Å². The smallest absolute Gasteiger partial charge is 0.410 e. The van der Waals surface area contributed by atoms with Crippen molar-refractivity contribution in [3.05, 3.63) is 35.5 Å². The molecular weight excluding hydrogens is 396 g/mol. The Bertz CT molecular complexity index is 822. The first-order valence-corrected chi connectivity index (χ1v) is 10.1. The number of para-hydroxylation sites is 1. The highest BCUT2D eigenvalue weighted by molar-refractivity contribution is 9.09. The van der Waals surface area contributed by atoms with Gasteiger partial charge in [-0.1, -0.05) is 34.1 Å². The van der Waals surface area contributed by atoms with Gasteiger partial charge in [-0.15, -0.1) is 0 Å². The average molecular weight is 421 g/mol. The van der Waals surface area contributed by atoms with Crippen molar-refractivity contribution in [2.75, 3.05) is 18.4 Å². The van der Waals surface area contributed by atoms with Gasteiger partial charge < -0.3 is 14.6 Å². The van der Waals surface area contributed by atoms with Crippen LogP contribution in [-0.2, 0) is 4.74 Å². The number of Topliss-reactive ketones (excluding diaryl/α,β-unsaturated/α-hetero) is 1. The topological polar surface area (TPSA) is 62.4 Å². The molecule has 1 fully saturated rings. The normalized spacial score (nSPS) is 18.2. The molecule has 5 nitrogen and oxygen atoms in total. The summed E-state index contributed by atoms with van der Waals surface area (Å²) in [4.78, 5) is 30.2. The third-order valence-electron chi connectivity index (χ3n) is 4.62. The van der Waals surface area contributed by atoms with E-state index in [1.165, 1.54) is 0 Å². The van der Waals surface area contributed by atoms with E-state index in [-0.39, 0.29) is 23.1 Å². The fourth-order valence-electron chi connectivity index (χ4n) is 3.54. The molecule has 1 atom stereocenters. The van der Waals surface area contributed by atoms with Crippen molar-refractivity contribution in [2.24, 2.45) is 0 Å². The van der Waals surface area contributed by atoms with Gasteiger partial charge in [0.05, 0.1) is 5.33 Å². The fourth-order valence-corrected chi connectivity index (χ4v) is 3.82. The maximum atomic E-state index is 12.6. The van der Waals surface area contributed by atoms with Crippen LogP contribution in [0.1, 0.15) is 55.6 Å². The Labute approximate surface area is 162 Å². The number of nitrogens with zero attached hydrogens (tertiary/aromatic N) is 1. The lowest BCUT2D eigenvalue weighted by Crippen LogP contribution is -2.42. The summed E-state index contributed by atoms with van der Waals surface area (Å²) in [7, 11) is 0. The average Bonchev–Trinajstić information content (AvgIpc) is 2.99. The first kappa shape index (κ1) is 19.0. The summed E-state index contributed by atoms with van der Waals surface area (Å²) in [5.41, 5.74) is 2.13. The van der Waals surface area contributed by atoms with Gasteiger partial charge in [-0.2, -0.15) is 0 Å². The van der Waals surface area contributed by atoms with E-state index in [4.69, 9.17) is 4.74 Å². The van der Waals surface area contributed by atoms with Crippen LogP contribution >= 0.6 is 15.9 Å². The number of carbonyl (C=O) groups excluding carboxylic acids is 2. The van der Waals surface area contributed by atoms with Gasteiger partial charge in [0, 0.05) is 41.2 Å². The zero-order valence-electron chi connectivity index (χ0n) is 15.5. The summed E-state index contributed by atoms with van der Waals surface area (Å²) in [6, 6.07) is 7.86. The highest BCUT2D eigenvalue weighted by atomic mass is 79.9. The first-order chi connectivity index (χ1) is 12.3. The van der Waals surface area contributed by atoms with E-state index in [9.17, 15) is 9.59 Å². The van der Waals surface area contributed by atoms with Crippen LogP contribution < -0.4 is 0 Å². The number of piperidine rings is 1. The van der Waals surface area contributed by atoms with E-state index in [1.54, 1.807) is 4.90 Å². The second-order valence-electron chi connectivity index (χ2n) is 7.78. The number of benzene rings is 1. The van der Waals surface area contributed by atoms with Crippen molar-refractivity contribution >= 4 is 38.7 Å². The minimum atomic E-state index is -0.512. The SMILES string of the molecule is CC(C)(C)OC(=O)N1CCCC(c2[nH]c3ccccc3c2C(=O)CBr)C1. The zero-order valence-corrected chi connectivity index (χ0v) is 17.1. The number of nitrogens with one attached hydrogen (secondary N) is 1. The van der Waals surface area contributed by atoms with E-state index in [2.05, 4.69) is 20.9 Å². The molecule has 0 aliphatic carbocycles. The Morgan fingerprint density at radius 1 is 1.31 bits per heavy atom. The summed E-state index contributed by atoms with van der Waals surface area (Å²) in [6.07, 6.45) is 1.54. The van der Waals surface area contributed by atoms with Crippen molar-refractivity contribution in [3.8, 4) is 0 Å². The first-order valence-electron chi connectivity index (χ1n) is 8.98. The van der Waals surface area contributed by atoms with Gasteiger partial charge in [0.2, 0.25) is 0 Å². The molecule has 1 amide bonds. The highest BCUT2D eigenvalue weighted by Gasteiger charge is 2.31. The zero-order chi connectivity index (χ0) is 18.9. The van der Waals surface area contributed by atoms with Crippen LogP contribution in [0.15, 0.2) is 24.3 Å². The minimum Gasteiger partial charge on any atom is -0.444 e. The van der Waals surface area contributed by atoms with Gasteiger partial charge in [-0.05, 0) is 39.7 Å². The molecule has 0 radical (unpaired) electrons. The number of H-pyrrole nitrogens is 1. The number of likely N-dealkylation sites (tertiary alicyclic amines) is 1. The van der Waals surface area contributed by atoms with Crippen LogP contribution in [0, 0.1) is 0 Å². The van der Waals surface area contributed by atoms with E-state index < -0.39 is 5.60 Å². The maximum Gasteiger partial charge on any atom is 0.410 e. The summed E-state index contributed by atoms with van der Waals surface area (Å²) < 4.78 is 5.52. The van der Waals surface area contributed by atoms with Crippen molar-refractivity contribution < 1.29 is 14.3 Å². The van der Waals surface area contributed by atoms with Crippen LogP contribution in [0.3, 0.4) is 0 Å². The van der Waals surface area contributed by atoms with Crippen LogP contribution in [0.4, 0.5) is 4.79 Å². The van der Waals surface area contributed by atoms with Gasteiger partial charge in [0.15, 0.2) is 5.78 Å². The van der Waals surface area contributed by atoms with Crippen LogP contribution in [0.25, 0.3) is 10.9 Å². The number of hydrogen-bond acceptors (Lipinski definition) is 3. The molecule has 6 heteroatoms. The molecular formula is C20H25BrN2O3. The highest BCUT2D eigenvalue weighted by Crippen LogP contribution is 2.34. The van der Waals surface area contributed by atoms with E-state index in [1.807, 2.05) is 45.0 Å². The molecule has 0 bridgehead atoms. The third-order valence-corrected chi connectivity index (χ3v) is 5.13. The van der Waals surface area contributed by atoms with Crippen LogP contribution in [0.5, 0.6) is 0 Å². The van der Waals surface area contributed by atoms with Crippen molar-refractivity contribution in [2.45, 2.75) is 45.1 Å². The lowest BCUT2D eigenvalue weighted by molar-refractivity contribution is 0.0197. The molecule has 26 heavy (non-hydrogen) atoms. The van der Waals surface area contributed by atoms with E-state index in [0.717, 1.165) is 35.0 Å². The van der Waals surface area contributed by atoms with Crippen LogP contribution in [-0.4, -0.2) is 45.8 Å². The predicted octanol–water partition coefficient (Wildman–Crippen LogP) is 4.86. The summed E-state index contributed by atoms with van der Waals surface area (Å²) in [5.74, 6) is 0.161. The van der Waals surface area contributed by atoms with Crippen molar-refractivity contribution in [1.29, 1.82) is 0 Å². The van der Waals surface area contributed by atoms with Crippen LogP contribution in [0.2, 0.25) is 0 Å².